The van der Waals surface area contributed by atoms with Crippen LogP contribution in [0.5, 0.6) is 0 Å². The van der Waals surface area contributed by atoms with Crippen molar-refractivity contribution in [3.8, 4) is 0 Å². The second-order valence-electron chi connectivity index (χ2n) is 0.500. The fourth-order valence-corrected chi connectivity index (χ4v) is 0. The monoisotopic (exact) mass is 262 g/mol. The summed E-state index contributed by atoms with van der Waals surface area (Å²) < 4.78 is 0. The quantitative estimate of drug-likeness (QED) is 0.635. The van der Waals surface area contributed by atoms with Gasteiger partial charge in [-0.05, 0) is 0 Å². The van der Waals surface area contributed by atoms with Crippen LogP contribution >= 0.6 is 0 Å². The molecule has 44 valence electrons. The van der Waals surface area contributed by atoms with E-state index in [1.165, 1.54) is 0 Å². The minimum atomic E-state index is 0. The molecule has 0 aromatic heterocycles. The van der Waals surface area contributed by atoms with Gasteiger partial charge in [0.05, 0.1) is 0 Å². The van der Waals surface area contributed by atoms with Crippen molar-refractivity contribution >= 4 is 0 Å². The smallest absolute Gasteiger partial charge is 0 e. The van der Waals surface area contributed by atoms with Gasteiger partial charge in [-0.2, -0.15) is 0 Å². The molecular weight excluding hydrogens is 250 g/mol. The summed E-state index contributed by atoms with van der Waals surface area (Å²) in [5, 5.41) is 0. The molecule has 0 bridgehead atoms. The summed E-state index contributed by atoms with van der Waals surface area (Å²) in [6, 6.07) is 0. The van der Waals surface area contributed by atoms with Crippen LogP contribution in [0.1, 0.15) is 20.3 Å². The first kappa shape index (κ1) is 22.5. The Morgan fingerprint density at radius 3 is 1.50 bits per heavy atom. The maximum atomic E-state index is 3.43. The van der Waals surface area contributed by atoms with Gasteiger partial charge < -0.3 is 19.4 Å². The molecule has 0 aromatic rings. The molecule has 0 aliphatic rings. The normalized spacial score (nSPS) is 3.88. The zero-order valence-electron chi connectivity index (χ0n) is 5.78. The second-order valence-corrected chi connectivity index (χ2v) is 0.500. The van der Waals surface area contributed by atoms with Crippen LogP contribution in [0, 0.1) is 13.0 Å². The molecule has 0 saturated carbocycles. The summed E-state index contributed by atoms with van der Waals surface area (Å²) >= 11 is 0. The minimum Gasteiger partial charge on any atom is -0.535 e. The van der Waals surface area contributed by atoms with Gasteiger partial charge in [-0.15, -0.1) is 0 Å². The van der Waals surface area contributed by atoms with Gasteiger partial charge >= 0.3 is 0 Å². The fourth-order valence-electron chi connectivity index (χ4n) is 0. The molecule has 0 aliphatic carbocycles. The van der Waals surface area contributed by atoms with E-state index >= 15 is 0 Å². The van der Waals surface area contributed by atoms with Gasteiger partial charge in [0.25, 0.3) is 0 Å². The van der Waals surface area contributed by atoms with Crippen LogP contribution in [0.2, 0.25) is 0 Å². The van der Waals surface area contributed by atoms with Crippen molar-refractivity contribution < 1.29 is 65.4 Å². The molecule has 0 nitrogen and oxygen atoms in total. The molecule has 2 radical (unpaired) electrons. The molecule has 0 amide bonds. The minimum absolute atomic E-state index is 0. The maximum absolute atomic E-state index is 3.43. The van der Waals surface area contributed by atoms with Crippen LogP contribution < -0.4 is 0 Å². The predicted molar refractivity (Wildman–Crippen MR) is 30.2 cm³/mol. The number of rotatable bonds is 1. The van der Waals surface area contributed by atoms with Crippen molar-refractivity contribution in [2.45, 2.75) is 20.3 Å². The van der Waals surface area contributed by atoms with Crippen molar-refractivity contribution in [1.82, 2.24) is 0 Å². The third-order valence-corrected chi connectivity index (χ3v) is 0.177. The maximum Gasteiger partial charge on any atom is 0 e. The first-order chi connectivity index (χ1) is 2.91. The molecule has 0 rings (SSSR count). The molecule has 0 aliphatic heterocycles. The average molecular weight is 262 g/mol. The summed E-state index contributed by atoms with van der Waals surface area (Å²) in [7, 11) is 0. The molecule has 0 atom stereocenters. The van der Waals surface area contributed by atoms with E-state index in [4.69, 9.17) is 0 Å². The van der Waals surface area contributed by atoms with Crippen LogP contribution in [-0.4, -0.2) is 0 Å². The van der Waals surface area contributed by atoms with Crippen LogP contribution in [0.3, 0.4) is 0 Å². The van der Waals surface area contributed by atoms with Gasteiger partial charge in [-0.3, -0.25) is 6.58 Å². The topological polar surface area (TPSA) is 0 Å². The van der Waals surface area contributed by atoms with Crippen molar-refractivity contribution in [2.24, 2.45) is 0 Å². The van der Waals surface area contributed by atoms with Crippen LogP contribution in [-0.2, 0) is 65.4 Å². The first-order valence-corrected chi connectivity index (χ1v) is 2.21. The van der Waals surface area contributed by atoms with Gasteiger partial charge in [0.15, 0.2) is 0 Å². The SMILES string of the molecule is C=[C-]C[CH2-].CC.[Y].[Y]. The number of hydrogen-bond donors (Lipinski definition) is 0. The predicted octanol–water partition coefficient (Wildman–Crippen LogP) is 2.22. The fraction of sp³-hybridized carbons (Fsp3) is 0.500. The molecule has 0 saturated heterocycles. The van der Waals surface area contributed by atoms with Crippen molar-refractivity contribution in [3.05, 3.63) is 19.6 Å². The molecule has 0 heterocycles. The molecule has 8 heavy (non-hydrogen) atoms. The largest absolute Gasteiger partial charge is 0.535 e. The van der Waals surface area contributed by atoms with Crippen LogP contribution in [0.15, 0.2) is 6.58 Å². The van der Waals surface area contributed by atoms with Crippen molar-refractivity contribution in [2.75, 3.05) is 0 Å². The third kappa shape index (κ3) is 44.2. The van der Waals surface area contributed by atoms with Gasteiger partial charge in [-0.25, -0.2) is 0 Å². The van der Waals surface area contributed by atoms with E-state index in [1.54, 1.807) is 0 Å². The summed E-state index contributed by atoms with van der Waals surface area (Å²) in [6.07, 6.45) is 3.28. The average Bonchev–Trinajstić information content (AvgIpc) is 1.72. The zero-order chi connectivity index (χ0) is 5.41. The third-order valence-electron chi connectivity index (χ3n) is 0.177. The van der Waals surface area contributed by atoms with E-state index in [2.05, 4.69) is 19.6 Å². The molecule has 2 heteroatoms. The van der Waals surface area contributed by atoms with E-state index in [1.807, 2.05) is 13.8 Å². The van der Waals surface area contributed by atoms with Crippen LogP contribution in [0.4, 0.5) is 0 Å². The number of hydrogen-bond acceptors (Lipinski definition) is 0. The molecule has 0 fully saturated rings. The number of allylic oxidation sites excluding steroid dienone is 1. The van der Waals surface area contributed by atoms with Crippen molar-refractivity contribution in [1.29, 1.82) is 0 Å². The van der Waals surface area contributed by atoms with E-state index < -0.39 is 0 Å². The Morgan fingerprint density at radius 2 is 1.50 bits per heavy atom. The van der Waals surface area contributed by atoms with E-state index in [9.17, 15) is 0 Å². The van der Waals surface area contributed by atoms with Crippen molar-refractivity contribution in [3.63, 3.8) is 0 Å². The molecule has 0 N–H and O–H groups in total. The zero-order valence-corrected chi connectivity index (χ0v) is 11.5. The first-order valence-electron chi connectivity index (χ1n) is 2.21. The van der Waals surface area contributed by atoms with Gasteiger partial charge in [0.1, 0.15) is 0 Å². The summed E-state index contributed by atoms with van der Waals surface area (Å²) in [5.74, 6) is 0. The van der Waals surface area contributed by atoms with E-state index in [0.29, 0.717) is 6.42 Å². The van der Waals surface area contributed by atoms with E-state index in [0.717, 1.165) is 0 Å². The summed E-state index contributed by atoms with van der Waals surface area (Å²) in [5.41, 5.74) is 0. The molecular formula is C6H12Y2-2. The second kappa shape index (κ2) is 36.3. The van der Waals surface area contributed by atoms with E-state index in [-0.39, 0.29) is 65.4 Å². The standard InChI is InChI=1S/C4H6.C2H6.2Y/c1-3-4-2;1-2;;/h1-3H2;1-2H3;;/q-2;;;. The summed E-state index contributed by atoms with van der Waals surface area (Å²) in [6.45, 7) is 10.7. The Labute approximate surface area is 104 Å². The van der Waals surface area contributed by atoms with Gasteiger partial charge in [0.2, 0.25) is 0 Å². The Morgan fingerprint density at radius 1 is 1.38 bits per heavy atom. The Kier molecular flexibility index (Phi) is 102. The Balaban J connectivity index is -0.0000000183. The molecule has 0 spiro atoms. The van der Waals surface area contributed by atoms with Gasteiger partial charge in [0, 0.05) is 65.4 Å². The van der Waals surface area contributed by atoms with Crippen LogP contribution in [0.25, 0.3) is 0 Å². The Bertz CT molecular complexity index is 20.5. The summed E-state index contributed by atoms with van der Waals surface area (Å²) in [4.78, 5) is 0. The van der Waals surface area contributed by atoms with Gasteiger partial charge in [-0.1, -0.05) is 13.8 Å². The molecule has 0 unspecified atom stereocenters. The Hall–Kier alpha value is 1.95. The molecule has 0 aromatic carbocycles.